The standard InChI is InChI=1S/C22H25FN8/c1-3-30-7-9-31(10-8-30)20-16(11-17(23)15-5-4-6-24-18(15)20)14(2)29-22-19-21(26-12-25-19)27-13-28-22/h4-6,11-14H,3,7-10H2,1-2H3,(H2,25,26,27,28,29). The van der Waals surface area contributed by atoms with Crippen LogP contribution in [0, 0.1) is 5.82 Å². The Labute approximate surface area is 179 Å². The molecule has 1 saturated heterocycles. The third-order valence-corrected chi connectivity index (χ3v) is 6.02. The highest BCUT2D eigenvalue weighted by Crippen LogP contribution is 2.37. The van der Waals surface area contributed by atoms with Gasteiger partial charge in [0.2, 0.25) is 0 Å². The highest BCUT2D eigenvalue weighted by Gasteiger charge is 2.25. The number of imidazole rings is 1. The number of aromatic nitrogens is 5. The maximum Gasteiger partial charge on any atom is 0.182 e. The maximum atomic E-state index is 15.1. The van der Waals surface area contributed by atoms with E-state index < -0.39 is 0 Å². The average Bonchev–Trinajstić information content (AvgIpc) is 3.29. The van der Waals surface area contributed by atoms with E-state index in [1.54, 1.807) is 30.7 Å². The Morgan fingerprint density at radius 2 is 2.00 bits per heavy atom. The lowest BCUT2D eigenvalue weighted by molar-refractivity contribution is 0.271. The van der Waals surface area contributed by atoms with Crippen LogP contribution in [0.2, 0.25) is 0 Å². The molecule has 2 N–H and O–H groups in total. The first-order valence-corrected chi connectivity index (χ1v) is 10.6. The average molecular weight is 420 g/mol. The molecule has 0 radical (unpaired) electrons. The molecule has 1 aromatic carbocycles. The third-order valence-electron chi connectivity index (χ3n) is 6.02. The van der Waals surface area contributed by atoms with E-state index >= 15 is 4.39 Å². The number of nitrogens with one attached hydrogen (secondary N) is 2. The van der Waals surface area contributed by atoms with Gasteiger partial charge < -0.3 is 20.1 Å². The van der Waals surface area contributed by atoms with Crippen molar-refractivity contribution in [2.24, 2.45) is 0 Å². The zero-order chi connectivity index (χ0) is 21.4. The molecule has 4 heterocycles. The molecule has 0 aliphatic carbocycles. The van der Waals surface area contributed by atoms with E-state index in [0.717, 1.165) is 49.5 Å². The van der Waals surface area contributed by atoms with Gasteiger partial charge in [0, 0.05) is 43.3 Å². The number of rotatable bonds is 5. The van der Waals surface area contributed by atoms with Crippen LogP contribution in [0.1, 0.15) is 25.5 Å². The predicted octanol–water partition coefficient (Wildman–Crippen LogP) is 3.36. The SMILES string of the molecule is CCN1CCN(c2c(C(C)Nc3ncnc4nc[nH]c34)cc(F)c3cccnc23)CC1. The van der Waals surface area contributed by atoms with Crippen LogP contribution in [-0.4, -0.2) is 62.5 Å². The fraction of sp³-hybridized carbons (Fsp3) is 0.364. The van der Waals surface area contributed by atoms with Gasteiger partial charge in [-0.2, -0.15) is 0 Å². The molecule has 1 unspecified atom stereocenters. The van der Waals surface area contributed by atoms with Gasteiger partial charge in [0.1, 0.15) is 17.7 Å². The summed E-state index contributed by atoms with van der Waals surface area (Å²) >= 11 is 0. The Morgan fingerprint density at radius 1 is 1.16 bits per heavy atom. The Hall–Kier alpha value is -3.33. The molecule has 1 fully saturated rings. The minimum Gasteiger partial charge on any atom is -0.367 e. The van der Waals surface area contributed by atoms with Crippen molar-refractivity contribution in [3.8, 4) is 0 Å². The Balaban J connectivity index is 1.58. The molecule has 5 rings (SSSR count). The Morgan fingerprint density at radius 3 is 2.81 bits per heavy atom. The predicted molar refractivity (Wildman–Crippen MR) is 120 cm³/mol. The quantitative estimate of drug-likeness (QED) is 0.512. The minimum atomic E-state index is -0.267. The summed E-state index contributed by atoms with van der Waals surface area (Å²) in [5.41, 5.74) is 3.87. The van der Waals surface area contributed by atoms with Gasteiger partial charge >= 0.3 is 0 Å². The van der Waals surface area contributed by atoms with E-state index in [-0.39, 0.29) is 11.9 Å². The fourth-order valence-corrected chi connectivity index (χ4v) is 4.31. The molecule has 31 heavy (non-hydrogen) atoms. The minimum absolute atomic E-state index is 0.207. The van der Waals surface area contributed by atoms with E-state index in [1.807, 2.05) is 6.92 Å². The van der Waals surface area contributed by atoms with Gasteiger partial charge in [-0.1, -0.05) is 6.92 Å². The van der Waals surface area contributed by atoms with Gasteiger partial charge in [0.25, 0.3) is 0 Å². The van der Waals surface area contributed by atoms with E-state index in [2.05, 4.69) is 47.0 Å². The molecule has 4 aromatic rings. The summed E-state index contributed by atoms with van der Waals surface area (Å²) in [5, 5.41) is 3.97. The van der Waals surface area contributed by atoms with Crippen LogP contribution in [0.3, 0.4) is 0 Å². The zero-order valence-electron chi connectivity index (χ0n) is 17.6. The second-order valence-corrected chi connectivity index (χ2v) is 7.81. The van der Waals surface area contributed by atoms with Crippen LogP contribution in [0.4, 0.5) is 15.9 Å². The number of hydrogen-bond donors (Lipinski definition) is 2. The van der Waals surface area contributed by atoms with Gasteiger partial charge in [-0.15, -0.1) is 0 Å². The first-order chi connectivity index (χ1) is 15.2. The highest BCUT2D eigenvalue weighted by atomic mass is 19.1. The normalized spacial score (nSPS) is 16.2. The summed E-state index contributed by atoms with van der Waals surface area (Å²) in [5.74, 6) is 0.371. The summed E-state index contributed by atoms with van der Waals surface area (Å²) in [7, 11) is 0. The Bertz CT molecular complexity index is 1210. The lowest BCUT2D eigenvalue weighted by Crippen LogP contribution is -2.46. The second kappa shape index (κ2) is 8.07. The van der Waals surface area contributed by atoms with Gasteiger partial charge in [-0.3, -0.25) is 4.98 Å². The van der Waals surface area contributed by atoms with E-state index in [1.165, 1.54) is 6.33 Å². The zero-order valence-corrected chi connectivity index (χ0v) is 17.6. The van der Waals surface area contributed by atoms with Crippen molar-refractivity contribution < 1.29 is 4.39 Å². The number of likely N-dealkylation sites (N-methyl/N-ethyl adjacent to an activating group) is 1. The van der Waals surface area contributed by atoms with Crippen molar-refractivity contribution in [2.45, 2.75) is 19.9 Å². The molecule has 1 aliphatic heterocycles. The number of hydrogen-bond acceptors (Lipinski definition) is 7. The number of H-pyrrole nitrogens is 1. The molecule has 0 saturated carbocycles. The largest absolute Gasteiger partial charge is 0.367 e. The number of benzene rings is 1. The molecular formula is C22H25FN8. The molecule has 9 heteroatoms. The van der Waals surface area contributed by atoms with Crippen LogP contribution < -0.4 is 10.2 Å². The van der Waals surface area contributed by atoms with Crippen LogP contribution in [0.15, 0.2) is 37.1 Å². The van der Waals surface area contributed by atoms with Crippen molar-refractivity contribution in [2.75, 3.05) is 42.9 Å². The summed E-state index contributed by atoms with van der Waals surface area (Å²) in [6.45, 7) is 8.94. The molecule has 0 bridgehead atoms. The summed E-state index contributed by atoms with van der Waals surface area (Å²) < 4.78 is 15.1. The third kappa shape index (κ3) is 3.54. The molecular weight excluding hydrogens is 395 g/mol. The topological polar surface area (TPSA) is 85.9 Å². The van der Waals surface area contributed by atoms with Crippen molar-refractivity contribution in [3.63, 3.8) is 0 Å². The number of anilines is 2. The fourth-order valence-electron chi connectivity index (χ4n) is 4.31. The van der Waals surface area contributed by atoms with Gasteiger partial charge in [-0.25, -0.2) is 19.3 Å². The van der Waals surface area contributed by atoms with E-state index in [0.29, 0.717) is 22.4 Å². The first-order valence-electron chi connectivity index (χ1n) is 10.6. The van der Waals surface area contributed by atoms with Crippen LogP contribution in [0.5, 0.6) is 0 Å². The van der Waals surface area contributed by atoms with Crippen LogP contribution in [0.25, 0.3) is 22.1 Å². The monoisotopic (exact) mass is 420 g/mol. The van der Waals surface area contributed by atoms with Gasteiger partial charge in [0.05, 0.1) is 23.6 Å². The first kappa shape index (κ1) is 19.6. The molecule has 1 atom stereocenters. The lowest BCUT2D eigenvalue weighted by atomic mass is 10.00. The molecule has 0 amide bonds. The number of aromatic amines is 1. The number of fused-ring (bicyclic) bond motifs is 2. The van der Waals surface area contributed by atoms with Crippen molar-refractivity contribution in [1.82, 2.24) is 29.8 Å². The van der Waals surface area contributed by atoms with E-state index in [4.69, 9.17) is 0 Å². The molecule has 0 spiro atoms. The highest BCUT2D eigenvalue weighted by molar-refractivity contribution is 5.94. The second-order valence-electron chi connectivity index (χ2n) is 7.81. The van der Waals surface area contributed by atoms with E-state index in [9.17, 15) is 0 Å². The number of halogens is 1. The van der Waals surface area contributed by atoms with Crippen molar-refractivity contribution in [3.05, 3.63) is 48.4 Å². The molecule has 3 aromatic heterocycles. The maximum absolute atomic E-state index is 15.1. The van der Waals surface area contributed by atoms with Gasteiger partial charge in [0.15, 0.2) is 11.5 Å². The summed E-state index contributed by atoms with van der Waals surface area (Å²) in [6, 6.07) is 5.00. The van der Waals surface area contributed by atoms with Crippen LogP contribution >= 0.6 is 0 Å². The summed E-state index contributed by atoms with van der Waals surface area (Å²) in [6.07, 6.45) is 4.80. The molecule has 160 valence electrons. The smallest absolute Gasteiger partial charge is 0.182 e. The lowest BCUT2D eigenvalue weighted by Gasteiger charge is -2.37. The van der Waals surface area contributed by atoms with Crippen LogP contribution in [-0.2, 0) is 0 Å². The number of nitrogens with zero attached hydrogens (tertiary/aromatic N) is 6. The number of pyridine rings is 1. The van der Waals surface area contributed by atoms with Crippen molar-refractivity contribution in [1.29, 1.82) is 0 Å². The van der Waals surface area contributed by atoms with Gasteiger partial charge in [-0.05, 0) is 31.7 Å². The number of piperazine rings is 1. The molecule has 1 aliphatic rings. The molecule has 8 nitrogen and oxygen atoms in total. The van der Waals surface area contributed by atoms with Crippen molar-refractivity contribution >= 4 is 33.6 Å². The summed E-state index contributed by atoms with van der Waals surface area (Å²) in [4.78, 5) is 25.1. The Kier molecular flexibility index (Phi) is 5.11.